The topological polar surface area (TPSA) is 115 Å². The van der Waals surface area contributed by atoms with Crippen LogP contribution in [0.25, 0.3) is 0 Å². The summed E-state index contributed by atoms with van der Waals surface area (Å²) in [6.45, 7) is 0.204. The summed E-state index contributed by atoms with van der Waals surface area (Å²) in [4.78, 5) is 32.3. The second-order valence-electron chi connectivity index (χ2n) is 6.05. The molecule has 3 aliphatic rings. The summed E-state index contributed by atoms with van der Waals surface area (Å²) in [6, 6.07) is 3.73. The van der Waals surface area contributed by atoms with Gasteiger partial charge >= 0.3 is 5.97 Å². The fourth-order valence-corrected chi connectivity index (χ4v) is 3.55. The van der Waals surface area contributed by atoms with Gasteiger partial charge in [0, 0.05) is 23.9 Å². The van der Waals surface area contributed by atoms with Gasteiger partial charge in [-0.3, -0.25) is 14.6 Å². The highest BCUT2D eigenvalue weighted by Gasteiger charge is 2.53. The summed E-state index contributed by atoms with van der Waals surface area (Å²) in [7, 11) is 0. The van der Waals surface area contributed by atoms with Crippen LogP contribution in [0.2, 0.25) is 0 Å². The third kappa shape index (κ3) is 1.81. The first-order valence-electron chi connectivity index (χ1n) is 7.23. The van der Waals surface area contributed by atoms with Gasteiger partial charge in [0.15, 0.2) is 0 Å². The summed E-state index contributed by atoms with van der Waals surface area (Å²) in [6.07, 6.45) is 3.94. The second kappa shape index (κ2) is 4.49. The Kier molecular flexibility index (Phi) is 2.66. The van der Waals surface area contributed by atoms with Crippen LogP contribution >= 0.6 is 0 Å². The standard InChI is InChI=1S/C16H12N4O3/c17-5-8-1-11-13(19-6-8)20-15(23)16(11)3-9-2-10(14(21)22)7-18-12(9)4-16/h1-2,6,10H,3-4,7H2,(H,21,22)(H,19,20,23). The molecule has 2 atom stereocenters. The van der Waals surface area contributed by atoms with E-state index in [-0.39, 0.29) is 12.5 Å². The predicted molar refractivity (Wildman–Crippen MR) is 80.0 cm³/mol. The first kappa shape index (κ1) is 13.6. The highest BCUT2D eigenvalue weighted by atomic mass is 16.4. The molecule has 0 aromatic carbocycles. The molecular formula is C16H12N4O3. The Balaban J connectivity index is 1.80. The number of allylic oxidation sites excluding steroid dienone is 1. The van der Waals surface area contributed by atoms with E-state index in [0.29, 0.717) is 29.8 Å². The van der Waals surface area contributed by atoms with Gasteiger partial charge in [-0.2, -0.15) is 5.26 Å². The lowest BCUT2D eigenvalue weighted by Gasteiger charge is -2.19. The Morgan fingerprint density at radius 2 is 2.30 bits per heavy atom. The van der Waals surface area contributed by atoms with Crippen molar-refractivity contribution in [2.45, 2.75) is 18.3 Å². The number of anilines is 1. The molecule has 1 spiro atoms. The first-order valence-corrected chi connectivity index (χ1v) is 7.23. The molecule has 0 saturated heterocycles. The third-order valence-corrected chi connectivity index (χ3v) is 4.73. The highest BCUT2D eigenvalue weighted by Crippen LogP contribution is 2.50. The number of aliphatic carboxylic acids is 1. The monoisotopic (exact) mass is 308 g/mol. The number of pyridine rings is 1. The van der Waals surface area contributed by atoms with Gasteiger partial charge in [-0.25, -0.2) is 4.98 Å². The van der Waals surface area contributed by atoms with Gasteiger partial charge in [-0.1, -0.05) is 6.08 Å². The van der Waals surface area contributed by atoms with Gasteiger partial charge in [0.25, 0.3) is 0 Å². The minimum Gasteiger partial charge on any atom is -0.481 e. The summed E-state index contributed by atoms with van der Waals surface area (Å²) in [5.41, 5.74) is 1.87. The van der Waals surface area contributed by atoms with E-state index in [9.17, 15) is 9.59 Å². The Hall–Kier alpha value is -3.01. The number of dihydropyridines is 1. The Bertz CT molecular complexity index is 865. The number of carbonyl (C=O) groups excluding carboxylic acids is 1. The van der Waals surface area contributed by atoms with Crippen LogP contribution in [0, 0.1) is 17.2 Å². The number of nitrogens with one attached hydrogen (secondary N) is 1. The lowest BCUT2D eigenvalue weighted by atomic mass is 9.80. The van der Waals surface area contributed by atoms with E-state index in [1.54, 1.807) is 12.1 Å². The molecule has 1 aliphatic carbocycles. The fraction of sp³-hybridized carbons (Fsp3) is 0.312. The summed E-state index contributed by atoms with van der Waals surface area (Å²) >= 11 is 0. The molecule has 4 rings (SSSR count). The SMILES string of the molecule is N#Cc1cnc2c(c1)C1(CC3=CC(C(=O)O)CN=C3C1)C(=O)N2. The minimum absolute atomic E-state index is 0.167. The molecule has 23 heavy (non-hydrogen) atoms. The fourth-order valence-electron chi connectivity index (χ4n) is 3.55. The number of aromatic nitrogens is 1. The maximum absolute atomic E-state index is 12.6. The average molecular weight is 308 g/mol. The molecule has 3 heterocycles. The minimum atomic E-state index is -0.911. The van der Waals surface area contributed by atoms with Crippen molar-refractivity contribution in [3.8, 4) is 6.07 Å². The van der Waals surface area contributed by atoms with Crippen LogP contribution < -0.4 is 5.32 Å². The molecule has 2 aliphatic heterocycles. The lowest BCUT2D eigenvalue weighted by molar-refractivity contribution is -0.139. The van der Waals surface area contributed by atoms with E-state index >= 15 is 0 Å². The number of carboxylic acid groups (broad SMARTS) is 1. The Labute approximate surface area is 131 Å². The largest absolute Gasteiger partial charge is 0.481 e. The molecule has 7 nitrogen and oxygen atoms in total. The number of carbonyl (C=O) groups is 2. The van der Waals surface area contributed by atoms with Crippen molar-refractivity contribution in [1.29, 1.82) is 5.26 Å². The number of hydrogen-bond acceptors (Lipinski definition) is 5. The predicted octanol–water partition coefficient (Wildman–Crippen LogP) is 1.02. The molecule has 1 aromatic rings. The number of amides is 1. The molecule has 0 bridgehead atoms. The van der Waals surface area contributed by atoms with Gasteiger partial charge in [0.1, 0.15) is 11.9 Å². The third-order valence-electron chi connectivity index (χ3n) is 4.73. The second-order valence-corrected chi connectivity index (χ2v) is 6.05. The smallest absolute Gasteiger partial charge is 0.312 e. The molecular weight excluding hydrogens is 296 g/mol. The quantitative estimate of drug-likeness (QED) is 0.803. The zero-order valence-corrected chi connectivity index (χ0v) is 12.0. The summed E-state index contributed by atoms with van der Waals surface area (Å²) < 4.78 is 0. The first-order chi connectivity index (χ1) is 11.0. The zero-order valence-electron chi connectivity index (χ0n) is 12.0. The molecule has 2 N–H and O–H groups in total. The molecule has 1 fully saturated rings. The molecule has 1 saturated carbocycles. The maximum Gasteiger partial charge on any atom is 0.312 e. The van der Waals surface area contributed by atoms with Crippen LogP contribution in [0.3, 0.4) is 0 Å². The zero-order chi connectivity index (χ0) is 16.2. The van der Waals surface area contributed by atoms with Gasteiger partial charge in [0.05, 0.1) is 23.4 Å². The van der Waals surface area contributed by atoms with Crippen molar-refractivity contribution >= 4 is 23.4 Å². The van der Waals surface area contributed by atoms with Crippen LogP contribution in [-0.4, -0.2) is 34.2 Å². The number of nitrogens with zero attached hydrogens (tertiary/aromatic N) is 3. The average Bonchev–Trinajstić information content (AvgIpc) is 3.05. The van der Waals surface area contributed by atoms with Crippen molar-refractivity contribution in [2.75, 3.05) is 11.9 Å². The molecule has 7 heteroatoms. The van der Waals surface area contributed by atoms with Crippen molar-refractivity contribution in [3.05, 3.63) is 35.0 Å². The van der Waals surface area contributed by atoms with Crippen LogP contribution in [0.1, 0.15) is 24.0 Å². The van der Waals surface area contributed by atoms with Gasteiger partial charge in [-0.05, 0) is 18.1 Å². The van der Waals surface area contributed by atoms with Crippen molar-refractivity contribution in [2.24, 2.45) is 10.9 Å². The molecule has 0 radical (unpaired) electrons. The van der Waals surface area contributed by atoms with E-state index in [1.807, 2.05) is 6.07 Å². The van der Waals surface area contributed by atoms with Crippen molar-refractivity contribution in [1.82, 2.24) is 4.98 Å². The van der Waals surface area contributed by atoms with E-state index in [0.717, 1.165) is 11.3 Å². The molecule has 1 aromatic heterocycles. The number of fused-ring (bicyclic) bond motifs is 3. The van der Waals surface area contributed by atoms with E-state index in [4.69, 9.17) is 10.4 Å². The molecule has 2 unspecified atom stereocenters. The number of hydrogen-bond donors (Lipinski definition) is 2. The Morgan fingerprint density at radius 3 is 3.04 bits per heavy atom. The number of aliphatic imine (C=N–C) groups is 1. The maximum atomic E-state index is 12.6. The number of rotatable bonds is 1. The Morgan fingerprint density at radius 1 is 1.48 bits per heavy atom. The summed E-state index contributed by atoms with van der Waals surface area (Å²) in [5.74, 6) is -1.24. The van der Waals surface area contributed by atoms with Crippen LogP contribution in [0.4, 0.5) is 5.82 Å². The van der Waals surface area contributed by atoms with Crippen LogP contribution in [0.15, 0.2) is 28.9 Å². The summed E-state index contributed by atoms with van der Waals surface area (Å²) in [5, 5.41) is 21.0. The van der Waals surface area contributed by atoms with E-state index < -0.39 is 17.3 Å². The lowest BCUT2D eigenvalue weighted by Crippen LogP contribution is -2.31. The van der Waals surface area contributed by atoms with Crippen LogP contribution in [-0.2, 0) is 15.0 Å². The number of nitriles is 1. The van der Waals surface area contributed by atoms with Crippen molar-refractivity contribution < 1.29 is 14.7 Å². The number of carboxylic acids is 1. The van der Waals surface area contributed by atoms with Crippen LogP contribution in [0.5, 0.6) is 0 Å². The van der Waals surface area contributed by atoms with Gasteiger partial charge < -0.3 is 10.4 Å². The normalized spacial score (nSPS) is 27.6. The highest BCUT2D eigenvalue weighted by molar-refractivity contribution is 6.15. The van der Waals surface area contributed by atoms with Crippen molar-refractivity contribution in [3.63, 3.8) is 0 Å². The van der Waals surface area contributed by atoms with Gasteiger partial charge in [-0.15, -0.1) is 0 Å². The van der Waals surface area contributed by atoms with Gasteiger partial charge in [0.2, 0.25) is 5.91 Å². The van der Waals surface area contributed by atoms with E-state index in [1.165, 1.54) is 6.20 Å². The van der Waals surface area contributed by atoms with E-state index in [2.05, 4.69) is 15.3 Å². The molecule has 1 amide bonds. The molecule has 114 valence electrons.